The van der Waals surface area contributed by atoms with Crippen LogP contribution in [0.1, 0.15) is 5.69 Å². The van der Waals surface area contributed by atoms with Crippen molar-refractivity contribution in [2.45, 2.75) is 6.92 Å². The van der Waals surface area contributed by atoms with Gasteiger partial charge in [-0.25, -0.2) is 4.98 Å². The lowest BCUT2D eigenvalue weighted by atomic mass is 10.3. The van der Waals surface area contributed by atoms with Crippen LogP contribution in [-0.4, -0.2) is 14.9 Å². The molecular weight excluding hydrogens is 337 g/mol. The molecule has 0 radical (unpaired) electrons. The van der Waals surface area contributed by atoms with Gasteiger partial charge in [0, 0.05) is 4.47 Å². The molecule has 2 rings (SSSR count). The van der Waals surface area contributed by atoms with Crippen molar-refractivity contribution < 1.29 is 9.66 Å². The topological polar surface area (TPSA) is 78.2 Å². The molecule has 0 saturated heterocycles. The van der Waals surface area contributed by atoms with Crippen LogP contribution >= 0.6 is 27.5 Å². The van der Waals surface area contributed by atoms with Gasteiger partial charge in [0.15, 0.2) is 0 Å². The van der Waals surface area contributed by atoms with Crippen molar-refractivity contribution in [3.8, 4) is 11.6 Å². The summed E-state index contributed by atoms with van der Waals surface area (Å²) in [5, 5.41) is 10.9. The number of rotatable bonds is 3. The van der Waals surface area contributed by atoms with Gasteiger partial charge in [0.1, 0.15) is 11.4 Å². The molecule has 6 nitrogen and oxygen atoms in total. The Labute approximate surface area is 121 Å². The molecule has 1 aromatic heterocycles. The van der Waals surface area contributed by atoms with Gasteiger partial charge < -0.3 is 4.74 Å². The molecule has 0 fully saturated rings. The van der Waals surface area contributed by atoms with Crippen LogP contribution in [0.15, 0.2) is 28.7 Å². The molecule has 0 aliphatic heterocycles. The van der Waals surface area contributed by atoms with E-state index in [1.54, 1.807) is 24.3 Å². The van der Waals surface area contributed by atoms with Crippen LogP contribution in [0.25, 0.3) is 0 Å². The molecule has 0 aliphatic carbocycles. The molecule has 1 heterocycles. The Hall–Kier alpha value is -1.73. The molecule has 1 aromatic carbocycles. The van der Waals surface area contributed by atoms with Crippen LogP contribution in [0, 0.1) is 17.0 Å². The Morgan fingerprint density at radius 3 is 2.53 bits per heavy atom. The first kappa shape index (κ1) is 13.7. The normalized spacial score (nSPS) is 10.3. The van der Waals surface area contributed by atoms with Crippen molar-refractivity contribution in [1.29, 1.82) is 0 Å². The van der Waals surface area contributed by atoms with Gasteiger partial charge in [0.2, 0.25) is 5.28 Å². The minimum atomic E-state index is -0.597. The van der Waals surface area contributed by atoms with Crippen LogP contribution in [0.5, 0.6) is 11.6 Å². The van der Waals surface area contributed by atoms with Crippen molar-refractivity contribution in [3.63, 3.8) is 0 Å². The van der Waals surface area contributed by atoms with Crippen LogP contribution in [0.3, 0.4) is 0 Å². The SMILES string of the molecule is Cc1nc(Cl)nc(Oc2ccc(Br)cc2)c1[N+](=O)[O-]. The van der Waals surface area contributed by atoms with E-state index < -0.39 is 4.92 Å². The maximum Gasteiger partial charge on any atom is 0.352 e. The lowest BCUT2D eigenvalue weighted by molar-refractivity contribution is -0.386. The summed E-state index contributed by atoms with van der Waals surface area (Å²) in [6, 6.07) is 6.80. The molecule has 0 amide bonds. The second kappa shape index (κ2) is 5.50. The van der Waals surface area contributed by atoms with Gasteiger partial charge in [-0.15, -0.1) is 0 Å². The first-order valence-corrected chi connectivity index (χ1v) is 6.26. The summed E-state index contributed by atoms with van der Waals surface area (Å²) in [5.41, 5.74) is -0.149. The fraction of sp³-hybridized carbons (Fsp3) is 0.0909. The smallest absolute Gasteiger partial charge is 0.352 e. The standard InChI is InChI=1S/C11H7BrClN3O3/c1-6-9(16(17)18)10(15-11(13)14-6)19-8-4-2-7(12)3-5-8/h2-5H,1H3. The monoisotopic (exact) mass is 343 g/mol. The maximum absolute atomic E-state index is 11.0. The van der Waals surface area contributed by atoms with E-state index in [-0.39, 0.29) is 22.5 Å². The zero-order valence-corrected chi connectivity index (χ0v) is 12.0. The number of ether oxygens (including phenoxy) is 1. The number of nitrogens with zero attached hydrogens (tertiary/aromatic N) is 3. The molecule has 0 unspecified atom stereocenters. The molecule has 98 valence electrons. The van der Waals surface area contributed by atoms with Crippen molar-refractivity contribution >= 4 is 33.2 Å². The number of aromatic nitrogens is 2. The Morgan fingerprint density at radius 1 is 1.32 bits per heavy atom. The number of benzene rings is 1. The zero-order valence-electron chi connectivity index (χ0n) is 9.63. The van der Waals surface area contributed by atoms with Gasteiger partial charge >= 0.3 is 11.6 Å². The van der Waals surface area contributed by atoms with E-state index in [0.29, 0.717) is 5.75 Å². The Kier molecular flexibility index (Phi) is 3.96. The van der Waals surface area contributed by atoms with E-state index in [0.717, 1.165) is 4.47 Å². The van der Waals surface area contributed by atoms with Crippen LogP contribution < -0.4 is 4.74 Å². The van der Waals surface area contributed by atoms with Gasteiger partial charge in [0.05, 0.1) is 4.92 Å². The van der Waals surface area contributed by atoms with Crippen LogP contribution in [-0.2, 0) is 0 Å². The van der Waals surface area contributed by atoms with Gasteiger partial charge in [-0.1, -0.05) is 15.9 Å². The lowest BCUT2D eigenvalue weighted by Crippen LogP contribution is -2.01. The molecule has 0 N–H and O–H groups in total. The van der Waals surface area contributed by atoms with Gasteiger partial charge in [-0.2, -0.15) is 4.98 Å². The first-order chi connectivity index (χ1) is 8.97. The molecule has 0 saturated carbocycles. The fourth-order valence-electron chi connectivity index (χ4n) is 1.40. The van der Waals surface area contributed by atoms with Gasteiger partial charge in [-0.05, 0) is 42.8 Å². The lowest BCUT2D eigenvalue weighted by Gasteiger charge is -2.06. The van der Waals surface area contributed by atoms with Crippen molar-refractivity contribution in [1.82, 2.24) is 9.97 Å². The largest absolute Gasteiger partial charge is 0.434 e. The van der Waals surface area contributed by atoms with E-state index >= 15 is 0 Å². The average molecular weight is 345 g/mol. The minimum Gasteiger partial charge on any atom is -0.434 e. The third kappa shape index (κ3) is 3.18. The predicted molar refractivity (Wildman–Crippen MR) is 72.6 cm³/mol. The van der Waals surface area contributed by atoms with Crippen LogP contribution in [0.2, 0.25) is 5.28 Å². The number of nitro groups is 1. The van der Waals surface area contributed by atoms with Gasteiger partial charge in [-0.3, -0.25) is 10.1 Å². The summed E-state index contributed by atoms with van der Waals surface area (Å²) < 4.78 is 6.26. The maximum atomic E-state index is 11.0. The van der Waals surface area contributed by atoms with Crippen molar-refractivity contribution in [2.75, 3.05) is 0 Å². The Balaban J connectivity index is 2.44. The average Bonchev–Trinajstić information content (AvgIpc) is 2.30. The highest BCUT2D eigenvalue weighted by Crippen LogP contribution is 2.32. The predicted octanol–water partition coefficient (Wildman–Crippen LogP) is 3.90. The zero-order chi connectivity index (χ0) is 14.0. The number of halogens is 2. The summed E-state index contributed by atoms with van der Waals surface area (Å²) in [6.07, 6.45) is 0. The second-order valence-electron chi connectivity index (χ2n) is 3.54. The van der Waals surface area contributed by atoms with E-state index in [1.807, 2.05) is 0 Å². The molecule has 8 heteroatoms. The summed E-state index contributed by atoms with van der Waals surface area (Å²) in [7, 11) is 0. The van der Waals surface area contributed by atoms with Crippen molar-refractivity contribution in [3.05, 3.63) is 49.8 Å². The molecule has 2 aromatic rings. The molecule has 0 bridgehead atoms. The van der Waals surface area contributed by atoms with E-state index in [1.165, 1.54) is 6.92 Å². The summed E-state index contributed by atoms with van der Waals surface area (Å²) in [5.74, 6) is 0.241. The quantitative estimate of drug-likeness (QED) is 0.479. The van der Waals surface area contributed by atoms with Gasteiger partial charge in [0.25, 0.3) is 0 Å². The molecule has 19 heavy (non-hydrogen) atoms. The molecular formula is C11H7BrClN3O3. The highest BCUT2D eigenvalue weighted by molar-refractivity contribution is 9.10. The molecule has 0 aliphatic rings. The second-order valence-corrected chi connectivity index (χ2v) is 4.80. The third-order valence-electron chi connectivity index (χ3n) is 2.21. The highest BCUT2D eigenvalue weighted by atomic mass is 79.9. The minimum absolute atomic E-state index is 0.102. The first-order valence-electron chi connectivity index (χ1n) is 5.09. The number of aryl methyl sites for hydroxylation is 1. The number of hydrogen-bond donors (Lipinski definition) is 0. The van der Waals surface area contributed by atoms with Crippen LogP contribution in [0.4, 0.5) is 5.69 Å². The Bertz CT molecular complexity index is 634. The third-order valence-corrected chi connectivity index (χ3v) is 2.91. The highest BCUT2D eigenvalue weighted by Gasteiger charge is 2.23. The molecule has 0 spiro atoms. The van der Waals surface area contributed by atoms with Crippen molar-refractivity contribution in [2.24, 2.45) is 0 Å². The fourth-order valence-corrected chi connectivity index (χ4v) is 1.87. The van der Waals surface area contributed by atoms with E-state index in [2.05, 4.69) is 25.9 Å². The summed E-state index contributed by atoms with van der Waals surface area (Å²) in [6.45, 7) is 1.47. The summed E-state index contributed by atoms with van der Waals surface area (Å²) in [4.78, 5) is 17.9. The number of hydrogen-bond acceptors (Lipinski definition) is 5. The summed E-state index contributed by atoms with van der Waals surface area (Å²) >= 11 is 8.97. The van der Waals surface area contributed by atoms with E-state index in [9.17, 15) is 10.1 Å². The molecule has 0 atom stereocenters. The van der Waals surface area contributed by atoms with E-state index in [4.69, 9.17) is 16.3 Å². The Morgan fingerprint density at radius 2 is 1.95 bits per heavy atom.